The van der Waals surface area contributed by atoms with Crippen molar-refractivity contribution in [2.45, 2.75) is 13.3 Å². The molecule has 3 N–H and O–H groups in total. The number of aryl methyl sites for hydroxylation is 1. The standard InChI is InChI=1S/C15H16N2/c1-11-6-2-3-7-12(11)10-13-8-4-5-9-14(13)15(16)17/h2-9H,10H2,1H3,(H3,16,17). The van der Waals surface area contributed by atoms with E-state index in [2.05, 4.69) is 19.1 Å². The van der Waals surface area contributed by atoms with Gasteiger partial charge in [0.05, 0.1) is 0 Å². The molecule has 0 aliphatic carbocycles. The van der Waals surface area contributed by atoms with Crippen LogP contribution in [-0.4, -0.2) is 5.84 Å². The van der Waals surface area contributed by atoms with Crippen molar-refractivity contribution in [2.24, 2.45) is 5.73 Å². The van der Waals surface area contributed by atoms with Crippen LogP contribution >= 0.6 is 0 Å². The number of nitrogen functional groups attached to an aromatic ring is 1. The lowest BCUT2D eigenvalue weighted by Gasteiger charge is -2.09. The molecule has 0 amide bonds. The van der Waals surface area contributed by atoms with Gasteiger partial charge in [-0.1, -0.05) is 48.5 Å². The Morgan fingerprint density at radius 2 is 1.59 bits per heavy atom. The third kappa shape index (κ3) is 2.53. The average Bonchev–Trinajstić information content (AvgIpc) is 2.32. The van der Waals surface area contributed by atoms with Crippen LogP contribution in [0.25, 0.3) is 0 Å². The molecule has 0 saturated heterocycles. The summed E-state index contributed by atoms with van der Waals surface area (Å²) in [5.74, 6) is 0.134. The minimum Gasteiger partial charge on any atom is -0.384 e. The molecule has 0 atom stereocenters. The second-order valence-corrected chi connectivity index (χ2v) is 4.17. The van der Waals surface area contributed by atoms with Gasteiger partial charge in [-0.15, -0.1) is 0 Å². The van der Waals surface area contributed by atoms with Gasteiger partial charge in [0, 0.05) is 5.56 Å². The normalized spacial score (nSPS) is 10.2. The van der Waals surface area contributed by atoms with E-state index in [-0.39, 0.29) is 5.84 Å². The first kappa shape index (κ1) is 11.4. The molecule has 0 bridgehead atoms. The van der Waals surface area contributed by atoms with Gasteiger partial charge in [-0.3, -0.25) is 5.41 Å². The highest BCUT2D eigenvalue weighted by atomic mass is 14.7. The first-order chi connectivity index (χ1) is 8.18. The van der Waals surface area contributed by atoms with Gasteiger partial charge in [0.15, 0.2) is 0 Å². The smallest absolute Gasteiger partial charge is 0.123 e. The number of hydrogen-bond acceptors (Lipinski definition) is 1. The molecule has 17 heavy (non-hydrogen) atoms. The predicted molar refractivity (Wildman–Crippen MR) is 71.4 cm³/mol. The van der Waals surface area contributed by atoms with Gasteiger partial charge in [0.25, 0.3) is 0 Å². The fraction of sp³-hybridized carbons (Fsp3) is 0.133. The Kier molecular flexibility index (Phi) is 3.24. The third-order valence-corrected chi connectivity index (χ3v) is 2.95. The molecule has 2 heteroatoms. The van der Waals surface area contributed by atoms with Crippen LogP contribution in [0.1, 0.15) is 22.3 Å². The van der Waals surface area contributed by atoms with Crippen LogP contribution in [0.4, 0.5) is 0 Å². The van der Waals surface area contributed by atoms with E-state index in [1.54, 1.807) is 0 Å². The lowest BCUT2D eigenvalue weighted by atomic mass is 9.96. The summed E-state index contributed by atoms with van der Waals surface area (Å²) in [6, 6.07) is 16.1. The van der Waals surface area contributed by atoms with Crippen molar-refractivity contribution in [1.29, 1.82) is 5.41 Å². The summed E-state index contributed by atoms with van der Waals surface area (Å²) in [5, 5.41) is 7.57. The number of amidine groups is 1. The number of nitrogens with one attached hydrogen (secondary N) is 1. The Morgan fingerprint density at radius 1 is 1.00 bits per heavy atom. The molecule has 2 nitrogen and oxygen atoms in total. The van der Waals surface area contributed by atoms with Crippen molar-refractivity contribution in [3.63, 3.8) is 0 Å². The molecule has 2 aromatic carbocycles. The number of rotatable bonds is 3. The van der Waals surface area contributed by atoms with E-state index >= 15 is 0 Å². The molecule has 0 aliphatic rings. The minimum absolute atomic E-state index is 0.134. The van der Waals surface area contributed by atoms with E-state index in [0.29, 0.717) is 0 Å². The molecule has 0 unspecified atom stereocenters. The van der Waals surface area contributed by atoms with Crippen molar-refractivity contribution < 1.29 is 0 Å². The van der Waals surface area contributed by atoms with Crippen molar-refractivity contribution in [1.82, 2.24) is 0 Å². The number of benzene rings is 2. The summed E-state index contributed by atoms with van der Waals surface area (Å²) >= 11 is 0. The molecule has 0 aromatic heterocycles. The highest BCUT2D eigenvalue weighted by molar-refractivity contribution is 5.96. The fourth-order valence-corrected chi connectivity index (χ4v) is 1.95. The summed E-state index contributed by atoms with van der Waals surface area (Å²) in [7, 11) is 0. The molecule has 0 spiro atoms. The topological polar surface area (TPSA) is 49.9 Å². The van der Waals surface area contributed by atoms with E-state index in [1.165, 1.54) is 11.1 Å². The highest BCUT2D eigenvalue weighted by Crippen LogP contribution is 2.16. The molecule has 0 heterocycles. The van der Waals surface area contributed by atoms with Gasteiger partial charge >= 0.3 is 0 Å². The van der Waals surface area contributed by atoms with Crippen LogP contribution in [0.5, 0.6) is 0 Å². The first-order valence-corrected chi connectivity index (χ1v) is 5.65. The Labute approximate surface area is 102 Å². The van der Waals surface area contributed by atoms with Crippen LogP contribution in [0.15, 0.2) is 48.5 Å². The maximum absolute atomic E-state index is 7.57. The maximum atomic E-state index is 7.57. The summed E-state index contributed by atoms with van der Waals surface area (Å²) < 4.78 is 0. The van der Waals surface area contributed by atoms with E-state index in [0.717, 1.165) is 17.5 Å². The zero-order valence-electron chi connectivity index (χ0n) is 9.90. The van der Waals surface area contributed by atoms with Crippen LogP contribution in [0.2, 0.25) is 0 Å². The van der Waals surface area contributed by atoms with E-state index in [9.17, 15) is 0 Å². The largest absolute Gasteiger partial charge is 0.384 e. The van der Waals surface area contributed by atoms with Gasteiger partial charge in [0.2, 0.25) is 0 Å². The van der Waals surface area contributed by atoms with Crippen LogP contribution < -0.4 is 5.73 Å². The zero-order chi connectivity index (χ0) is 12.3. The first-order valence-electron chi connectivity index (χ1n) is 5.65. The summed E-state index contributed by atoms with van der Waals surface area (Å²) in [6.07, 6.45) is 0.822. The Bertz CT molecular complexity index is 544. The number of nitrogens with two attached hydrogens (primary N) is 1. The maximum Gasteiger partial charge on any atom is 0.123 e. The van der Waals surface area contributed by atoms with Gasteiger partial charge in [-0.05, 0) is 30.0 Å². The number of hydrogen-bond donors (Lipinski definition) is 2. The predicted octanol–water partition coefficient (Wildman–Crippen LogP) is 2.87. The van der Waals surface area contributed by atoms with Crippen molar-refractivity contribution >= 4 is 5.84 Å². The SMILES string of the molecule is Cc1ccccc1Cc1ccccc1C(=N)N. The summed E-state index contributed by atoms with van der Waals surface area (Å²) in [6.45, 7) is 2.10. The van der Waals surface area contributed by atoms with E-state index in [1.807, 2.05) is 36.4 Å². The van der Waals surface area contributed by atoms with Gasteiger partial charge in [-0.2, -0.15) is 0 Å². The van der Waals surface area contributed by atoms with Gasteiger partial charge < -0.3 is 5.73 Å². The van der Waals surface area contributed by atoms with E-state index < -0.39 is 0 Å². The Morgan fingerprint density at radius 3 is 2.24 bits per heavy atom. The Balaban J connectivity index is 2.37. The molecule has 0 radical (unpaired) electrons. The van der Waals surface area contributed by atoms with Crippen LogP contribution in [0, 0.1) is 12.3 Å². The molecule has 0 fully saturated rings. The quantitative estimate of drug-likeness (QED) is 0.611. The second kappa shape index (κ2) is 4.83. The third-order valence-electron chi connectivity index (χ3n) is 2.95. The lowest BCUT2D eigenvalue weighted by Crippen LogP contribution is -2.14. The van der Waals surface area contributed by atoms with Crippen molar-refractivity contribution in [3.8, 4) is 0 Å². The van der Waals surface area contributed by atoms with Gasteiger partial charge in [0.1, 0.15) is 5.84 Å². The monoisotopic (exact) mass is 224 g/mol. The molecule has 86 valence electrons. The zero-order valence-corrected chi connectivity index (χ0v) is 9.90. The minimum atomic E-state index is 0.134. The molecule has 0 saturated carbocycles. The molecular weight excluding hydrogens is 208 g/mol. The van der Waals surface area contributed by atoms with Crippen LogP contribution in [0.3, 0.4) is 0 Å². The molecule has 2 rings (SSSR count). The van der Waals surface area contributed by atoms with E-state index in [4.69, 9.17) is 11.1 Å². The Hall–Kier alpha value is -2.09. The summed E-state index contributed by atoms with van der Waals surface area (Å²) in [4.78, 5) is 0. The molecule has 2 aromatic rings. The lowest BCUT2D eigenvalue weighted by molar-refractivity contribution is 1.15. The highest BCUT2D eigenvalue weighted by Gasteiger charge is 2.06. The van der Waals surface area contributed by atoms with Crippen molar-refractivity contribution in [2.75, 3.05) is 0 Å². The molecular formula is C15H16N2. The summed E-state index contributed by atoms with van der Waals surface area (Å²) in [5.41, 5.74) is 10.1. The van der Waals surface area contributed by atoms with Gasteiger partial charge in [-0.25, -0.2) is 0 Å². The average molecular weight is 224 g/mol. The fourth-order valence-electron chi connectivity index (χ4n) is 1.95. The van der Waals surface area contributed by atoms with Crippen LogP contribution in [-0.2, 0) is 6.42 Å². The van der Waals surface area contributed by atoms with Crippen molar-refractivity contribution in [3.05, 3.63) is 70.8 Å². The second-order valence-electron chi connectivity index (χ2n) is 4.17. The molecule has 0 aliphatic heterocycles.